The van der Waals surface area contributed by atoms with Gasteiger partial charge in [-0.15, -0.1) is 0 Å². The van der Waals surface area contributed by atoms with E-state index in [4.69, 9.17) is 5.11 Å². The van der Waals surface area contributed by atoms with E-state index < -0.39 is 10.0 Å². The van der Waals surface area contributed by atoms with Gasteiger partial charge >= 0.3 is 0 Å². The Morgan fingerprint density at radius 2 is 2.00 bits per heavy atom. The zero-order chi connectivity index (χ0) is 14.6. The molecule has 0 radical (unpaired) electrons. The van der Waals surface area contributed by atoms with Gasteiger partial charge in [0.1, 0.15) is 0 Å². The van der Waals surface area contributed by atoms with Gasteiger partial charge in [-0.3, -0.25) is 0 Å². The van der Waals surface area contributed by atoms with E-state index in [1.54, 1.807) is 13.0 Å². The minimum Gasteiger partial charge on any atom is -0.392 e. The third-order valence-corrected chi connectivity index (χ3v) is 5.57. The second-order valence-corrected chi connectivity index (χ2v) is 7.49. The lowest BCUT2D eigenvalue weighted by Gasteiger charge is -2.12. The number of hydrogen-bond acceptors (Lipinski definition) is 3. The summed E-state index contributed by atoms with van der Waals surface area (Å²) >= 11 is 3.30. The first kappa shape index (κ1) is 16.6. The van der Waals surface area contributed by atoms with Gasteiger partial charge in [-0.2, -0.15) is 0 Å². The Bertz CT molecular complexity index is 541. The van der Waals surface area contributed by atoms with Crippen molar-refractivity contribution in [3.63, 3.8) is 0 Å². The Morgan fingerprint density at radius 1 is 1.37 bits per heavy atom. The first-order chi connectivity index (χ1) is 8.77. The summed E-state index contributed by atoms with van der Waals surface area (Å²) < 4.78 is 27.6. The number of sulfonamides is 1. The van der Waals surface area contributed by atoms with Gasteiger partial charge in [-0.1, -0.05) is 19.9 Å². The summed E-state index contributed by atoms with van der Waals surface area (Å²) in [6, 6.07) is 3.26. The predicted octanol–water partition coefficient (Wildman–Crippen LogP) is 2.57. The molecule has 19 heavy (non-hydrogen) atoms. The van der Waals surface area contributed by atoms with Gasteiger partial charge in [0.2, 0.25) is 10.0 Å². The monoisotopic (exact) mass is 349 g/mol. The number of nitrogens with one attached hydrogen (secondary N) is 1. The number of aryl methyl sites for hydroxylation is 1. The van der Waals surface area contributed by atoms with Crippen molar-refractivity contribution in [2.24, 2.45) is 5.92 Å². The highest BCUT2D eigenvalue weighted by Crippen LogP contribution is 2.27. The van der Waals surface area contributed by atoms with Gasteiger partial charge in [0.05, 0.1) is 11.5 Å². The second kappa shape index (κ2) is 6.83. The molecule has 0 heterocycles. The largest absolute Gasteiger partial charge is 0.392 e. The molecule has 2 N–H and O–H groups in total. The van der Waals surface area contributed by atoms with Crippen molar-refractivity contribution in [3.8, 4) is 0 Å². The highest BCUT2D eigenvalue weighted by molar-refractivity contribution is 9.10. The van der Waals surface area contributed by atoms with Crippen molar-refractivity contribution >= 4 is 26.0 Å². The first-order valence-electron chi connectivity index (χ1n) is 6.17. The van der Waals surface area contributed by atoms with E-state index >= 15 is 0 Å². The number of halogens is 1. The van der Waals surface area contributed by atoms with Gasteiger partial charge < -0.3 is 5.11 Å². The quantitative estimate of drug-likeness (QED) is 0.829. The maximum absolute atomic E-state index is 12.2. The van der Waals surface area contributed by atoms with Crippen LogP contribution in [-0.2, 0) is 16.6 Å². The molecule has 0 fully saturated rings. The summed E-state index contributed by atoms with van der Waals surface area (Å²) in [5.41, 5.74) is 1.38. The molecule has 0 amide bonds. The fourth-order valence-electron chi connectivity index (χ4n) is 1.66. The highest BCUT2D eigenvalue weighted by Gasteiger charge is 2.19. The van der Waals surface area contributed by atoms with E-state index in [2.05, 4.69) is 20.7 Å². The van der Waals surface area contributed by atoms with Crippen LogP contribution in [-0.4, -0.2) is 20.1 Å². The van der Waals surface area contributed by atoms with Crippen LogP contribution in [0, 0.1) is 12.8 Å². The normalized spacial score (nSPS) is 12.1. The van der Waals surface area contributed by atoms with Gasteiger partial charge in [0, 0.05) is 11.0 Å². The average Bonchev–Trinajstić information content (AvgIpc) is 2.31. The van der Waals surface area contributed by atoms with Gasteiger partial charge in [0.15, 0.2) is 0 Å². The Balaban J connectivity index is 3.03. The summed E-state index contributed by atoms with van der Waals surface area (Å²) in [7, 11) is -3.55. The molecule has 0 spiro atoms. The van der Waals surface area contributed by atoms with Crippen molar-refractivity contribution in [2.75, 3.05) is 6.54 Å². The molecule has 0 aromatic heterocycles. The zero-order valence-corrected chi connectivity index (χ0v) is 13.8. The number of hydrogen-bond donors (Lipinski definition) is 2. The topological polar surface area (TPSA) is 66.4 Å². The van der Waals surface area contributed by atoms with E-state index in [9.17, 15) is 8.42 Å². The van der Waals surface area contributed by atoms with Crippen molar-refractivity contribution < 1.29 is 13.5 Å². The lowest BCUT2D eigenvalue weighted by molar-refractivity contribution is 0.281. The molecule has 0 aliphatic carbocycles. The summed E-state index contributed by atoms with van der Waals surface area (Å²) in [6.45, 7) is 6.12. The Labute approximate surface area is 123 Å². The molecule has 0 atom stereocenters. The van der Waals surface area contributed by atoms with E-state index in [1.165, 1.54) is 6.07 Å². The smallest absolute Gasteiger partial charge is 0.241 e. The molecular formula is C13H20BrNO3S. The van der Waals surface area contributed by atoms with Crippen molar-refractivity contribution in [1.29, 1.82) is 0 Å². The molecule has 1 aromatic rings. The molecule has 4 nitrogen and oxygen atoms in total. The predicted molar refractivity (Wildman–Crippen MR) is 79.4 cm³/mol. The zero-order valence-electron chi connectivity index (χ0n) is 11.4. The minimum absolute atomic E-state index is 0.178. The Hall–Kier alpha value is -0.430. The van der Waals surface area contributed by atoms with E-state index in [0.717, 1.165) is 12.0 Å². The van der Waals surface area contributed by atoms with Crippen LogP contribution in [0.25, 0.3) is 0 Å². The summed E-state index contributed by atoms with van der Waals surface area (Å²) in [6.07, 6.45) is 0.787. The molecule has 0 aliphatic heterocycles. The van der Waals surface area contributed by atoms with Crippen LogP contribution in [0.5, 0.6) is 0 Å². The molecule has 1 rings (SSSR count). The molecule has 108 valence electrons. The Morgan fingerprint density at radius 3 is 2.53 bits per heavy atom. The van der Waals surface area contributed by atoms with E-state index in [-0.39, 0.29) is 11.5 Å². The van der Waals surface area contributed by atoms with Crippen LogP contribution < -0.4 is 4.72 Å². The van der Waals surface area contributed by atoms with Crippen molar-refractivity contribution in [1.82, 2.24) is 4.72 Å². The molecule has 0 saturated heterocycles. The van der Waals surface area contributed by atoms with E-state index in [1.807, 2.05) is 13.8 Å². The molecule has 6 heteroatoms. The van der Waals surface area contributed by atoms with Crippen LogP contribution >= 0.6 is 15.9 Å². The standard InChI is InChI=1S/C13H20BrNO3S/c1-9(2)4-5-15-19(17,18)12-7-11(8-16)6-10(3)13(12)14/h6-7,9,15-16H,4-5,8H2,1-3H3. The maximum Gasteiger partial charge on any atom is 0.241 e. The third-order valence-electron chi connectivity index (χ3n) is 2.77. The lowest BCUT2D eigenvalue weighted by atomic mass is 10.1. The minimum atomic E-state index is -3.55. The van der Waals surface area contributed by atoms with Gasteiger partial charge in [-0.25, -0.2) is 13.1 Å². The SMILES string of the molecule is Cc1cc(CO)cc(S(=O)(=O)NCCC(C)C)c1Br. The van der Waals surface area contributed by atoms with Gasteiger partial charge in [-0.05, 0) is 52.4 Å². The number of benzene rings is 1. The van der Waals surface area contributed by atoms with Crippen LogP contribution in [0.4, 0.5) is 0 Å². The number of aliphatic hydroxyl groups is 1. The van der Waals surface area contributed by atoms with Gasteiger partial charge in [0.25, 0.3) is 0 Å². The third kappa shape index (κ3) is 4.56. The fourth-order valence-corrected chi connectivity index (χ4v) is 3.77. The fraction of sp³-hybridized carbons (Fsp3) is 0.538. The van der Waals surface area contributed by atoms with Crippen LogP contribution in [0.1, 0.15) is 31.4 Å². The average molecular weight is 350 g/mol. The van der Waals surface area contributed by atoms with Crippen LogP contribution in [0.3, 0.4) is 0 Å². The number of rotatable bonds is 6. The molecule has 0 saturated carbocycles. The van der Waals surface area contributed by atoms with Crippen molar-refractivity contribution in [3.05, 3.63) is 27.7 Å². The number of aliphatic hydroxyl groups excluding tert-OH is 1. The maximum atomic E-state index is 12.2. The van der Waals surface area contributed by atoms with E-state index in [0.29, 0.717) is 22.5 Å². The molecule has 1 aromatic carbocycles. The summed E-state index contributed by atoms with van der Waals surface area (Å²) in [4.78, 5) is 0.181. The molecular weight excluding hydrogens is 330 g/mol. The summed E-state index contributed by atoms with van der Waals surface area (Å²) in [5, 5.41) is 9.16. The molecule has 0 aliphatic rings. The van der Waals surface area contributed by atoms with Crippen LogP contribution in [0.2, 0.25) is 0 Å². The Kier molecular flexibility index (Phi) is 5.98. The lowest BCUT2D eigenvalue weighted by Crippen LogP contribution is -2.26. The van der Waals surface area contributed by atoms with Crippen molar-refractivity contribution in [2.45, 2.75) is 38.7 Å². The summed E-state index contributed by atoms with van der Waals surface area (Å²) in [5.74, 6) is 0.441. The molecule has 0 unspecified atom stereocenters. The highest BCUT2D eigenvalue weighted by atomic mass is 79.9. The van der Waals surface area contributed by atoms with Crippen LogP contribution in [0.15, 0.2) is 21.5 Å². The first-order valence-corrected chi connectivity index (χ1v) is 8.45. The molecule has 0 bridgehead atoms. The second-order valence-electron chi connectivity index (χ2n) is 4.96.